The van der Waals surface area contributed by atoms with E-state index in [0.717, 1.165) is 34.4 Å². The molecule has 3 aromatic rings. The van der Waals surface area contributed by atoms with Crippen molar-refractivity contribution >= 4 is 33.3 Å². The molecule has 1 aromatic carbocycles. The third-order valence-electron chi connectivity index (χ3n) is 6.04. The maximum atomic E-state index is 12.9. The minimum absolute atomic E-state index is 0.0812. The van der Waals surface area contributed by atoms with Gasteiger partial charge in [0.15, 0.2) is 0 Å². The molecule has 2 unspecified atom stereocenters. The zero-order chi connectivity index (χ0) is 22.3. The van der Waals surface area contributed by atoms with Gasteiger partial charge in [-0.3, -0.25) is 4.79 Å². The van der Waals surface area contributed by atoms with Crippen molar-refractivity contribution in [2.45, 2.75) is 44.8 Å². The van der Waals surface area contributed by atoms with Gasteiger partial charge in [0, 0.05) is 53.6 Å². The molecule has 2 saturated heterocycles. The van der Waals surface area contributed by atoms with E-state index < -0.39 is 6.50 Å². The minimum Gasteiger partial charge on any atom is -0.347 e. The fourth-order valence-corrected chi connectivity index (χ4v) is 5.32. The smallest absolute Gasteiger partial charge is 0.223 e. The summed E-state index contributed by atoms with van der Waals surface area (Å²) in [6, 6.07) is 10.3. The first-order chi connectivity index (χ1) is 15.4. The molecule has 2 aliphatic heterocycles. The third kappa shape index (κ3) is 3.79. The van der Waals surface area contributed by atoms with E-state index in [1.165, 1.54) is 11.3 Å². The summed E-state index contributed by atoms with van der Waals surface area (Å²) < 4.78 is 17.8. The van der Waals surface area contributed by atoms with Crippen LogP contribution >= 0.6 is 11.3 Å². The van der Waals surface area contributed by atoms with E-state index in [0.29, 0.717) is 30.7 Å². The van der Waals surface area contributed by atoms with Gasteiger partial charge in [0.1, 0.15) is 5.82 Å². The summed E-state index contributed by atoms with van der Waals surface area (Å²) in [5, 5.41) is 2.95. The molecule has 30 heavy (non-hydrogen) atoms. The van der Waals surface area contributed by atoms with Gasteiger partial charge >= 0.3 is 0 Å². The number of nitrogens with zero attached hydrogens (tertiary/aromatic N) is 4. The molecule has 2 bridgehead atoms. The van der Waals surface area contributed by atoms with Gasteiger partial charge in [0.05, 0.1) is 15.7 Å². The molecule has 5 rings (SSSR count). The Morgan fingerprint density at radius 1 is 1.23 bits per heavy atom. The number of benzene rings is 1. The van der Waals surface area contributed by atoms with E-state index in [2.05, 4.69) is 32.3 Å². The Hall–Kier alpha value is -2.51. The summed E-state index contributed by atoms with van der Waals surface area (Å²) in [7, 11) is 0. The van der Waals surface area contributed by atoms with E-state index in [1.807, 2.05) is 30.2 Å². The maximum Gasteiger partial charge on any atom is 0.223 e. The summed E-state index contributed by atoms with van der Waals surface area (Å²) in [6.07, 6.45) is 4.33. The zero-order valence-electron chi connectivity index (χ0n) is 19.0. The monoisotopic (exact) mass is 423 g/mol. The number of fused-ring (bicyclic) bond motifs is 3. The number of hydrogen-bond acceptors (Lipinski definition) is 6. The van der Waals surface area contributed by atoms with Crippen molar-refractivity contribution in [1.82, 2.24) is 20.2 Å². The number of thiazole rings is 1. The Labute approximate surface area is 183 Å². The number of aryl methyl sites for hydroxylation is 1. The van der Waals surface area contributed by atoms with Crippen molar-refractivity contribution in [3.8, 4) is 0 Å². The van der Waals surface area contributed by atoms with Crippen molar-refractivity contribution in [3.63, 3.8) is 0 Å². The van der Waals surface area contributed by atoms with Crippen LogP contribution in [0.2, 0.25) is 0 Å². The van der Waals surface area contributed by atoms with Gasteiger partial charge in [-0.05, 0) is 43.0 Å². The van der Waals surface area contributed by atoms with E-state index in [4.69, 9.17) is 2.74 Å². The number of rotatable bonds is 6. The second kappa shape index (κ2) is 8.32. The van der Waals surface area contributed by atoms with Crippen molar-refractivity contribution in [2.75, 3.05) is 24.5 Å². The highest BCUT2D eigenvalue weighted by molar-refractivity contribution is 7.16. The second-order valence-corrected chi connectivity index (χ2v) is 8.95. The third-order valence-corrected chi connectivity index (χ3v) is 6.91. The molecule has 1 amide bonds. The summed E-state index contributed by atoms with van der Waals surface area (Å²) >= 11 is 1.43. The lowest BCUT2D eigenvalue weighted by Gasteiger charge is -2.42. The van der Waals surface area contributed by atoms with Crippen molar-refractivity contribution in [2.24, 2.45) is 0 Å². The molecule has 2 fully saturated rings. The van der Waals surface area contributed by atoms with Crippen molar-refractivity contribution in [3.05, 3.63) is 53.2 Å². The van der Waals surface area contributed by atoms with E-state index in [-0.39, 0.29) is 18.9 Å². The van der Waals surface area contributed by atoms with Crippen LogP contribution in [0.1, 0.15) is 33.1 Å². The van der Waals surface area contributed by atoms with Gasteiger partial charge in [0.25, 0.3) is 0 Å². The van der Waals surface area contributed by atoms with Crippen molar-refractivity contribution < 1.29 is 7.54 Å². The van der Waals surface area contributed by atoms with Crippen LogP contribution < -0.4 is 10.2 Å². The quantitative estimate of drug-likeness (QED) is 0.659. The first kappa shape index (κ1) is 17.2. The van der Waals surface area contributed by atoms with Gasteiger partial charge in [0.2, 0.25) is 5.91 Å². The number of carbonyl (C=O) groups excluding carboxylic acids is 1. The summed E-state index contributed by atoms with van der Waals surface area (Å²) in [5.74, 6) is 1.08. The average molecular weight is 424 g/mol. The minimum atomic E-state index is -1.72. The lowest BCUT2D eigenvalue weighted by atomic mass is 10.1. The van der Waals surface area contributed by atoms with Gasteiger partial charge in [-0.25, -0.2) is 9.97 Å². The molecule has 7 heteroatoms. The standard InChI is InChI=1S/C23H27N5OS/c1-16-5-8-21(25-11-16)28-18-6-7-19(28)14-27(13-18)22(29)9-10-24-12-17-3-2-4-20-23(17)30-15-26-20/h2-5,8,11,15,18-19,24H,6-7,9-10,12-14H2,1H3/i12D2. The van der Waals surface area contributed by atoms with Crippen LogP contribution in [-0.4, -0.2) is 52.5 Å². The molecule has 156 valence electrons. The number of nitrogens with one attached hydrogen (secondary N) is 1. The molecule has 6 nitrogen and oxygen atoms in total. The SMILES string of the molecule is [2H]C([2H])(NCCC(=O)N1CC2CCC(C1)N2c1ccc(C)cn1)c1cccc2ncsc12. The molecule has 1 N–H and O–H groups in total. The van der Waals surface area contributed by atoms with Gasteiger partial charge in [-0.15, -0.1) is 11.3 Å². The van der Waals surface area contributed by atoms with Crippen LogP contribution in [-0.2, 0) is 11.3 Å². The molecule has 2 aromatic heterocycles. The number of pyridine rings is 1. The summed E-state index contributed by atoms with van der Waals surface area (Å²) in [5.41, 5.74) is 4.25. The van der Waals surface area contributed by atoms with Crippen LogP contribution in [0, 0.1) is 6.92 Å². The molecule has 0 radical (unpaired) electrons. The number of anilines is 1. The van der Waals surface area contributed by atoms with Gasteiger partial charge in [-0.2, -0.15) is 0 Å². The number of likely N-dealkylation sites (tertiary alicyclic amines) is 1. The topological polar surface area (TPSA) is 61.4 Å². The molecular weight excluding hydrogens is 394 g/mol. The maximum absolute atomic E-state index is 12.9. The Morgan fingerprint density at radius 3 is 2.83 bits per heavy atom. The molecular formula is C23H27N5OS. The fourth-order valence-electron chi connectivity index (χ4n) is 4.56. The van der Waals surface area contributed by atoms with Gasteiger partial charge < -0.3 is 15.1 Å². The number of hydrogen-bond donors (Lipinski definition) is 1. The fraction of sp³-hybridized carbons (Fsp3) is 0.435. The lowest BCUT2D eigenvalue weighted by molar-refractivity contribution is -0.132. The number of piperazine rings is 1. The second-order valence-electron chi connectivity index (χ2n) is 8.09. The van der Waals surface area contributed by atoms with Crippen LogP contribution in [0.3, 0.4) is 0 Å². The Bertz CT molecular complexity index is 1110. The van der Waals surface area contributed by atoms with E-state index in [1.54, 1.807) is 11.6 Å². The molecule has 2 atom stereocenters. The first-order valence-electron chi connectivity index (χ1n) is 11.5. The Balaban J connectivity index is 1.19. The Kier molecular flexibility index (Phi) is 4.77. The predicted molar refractivity (Wildman–Crippen MR) is 121 cm³/mol. The summed E-state index contributed by atoms with van der Waals surface area (Å²) in [4.78, 5) is 26.1. The molecule has 0 aliphatic carbocycles. The van der Waals surface area contributed by atoms with Gasteiger partial charge in [-0.1, -0.05) is 18.2 Å². The van der Waals surface area contributed by atoms with Crippen molar-refractivity contribution in [1.29, 1.82) is 0 Å². The predicted octanol–water partition coefficient (Wildman–Crippen LogP) is 3.36. The largest absolute Gasteiger partial charge is 0.347 e. The number of aromatic nitrogens is 2. The molecule has 0 spiro atoms. The number of amides is 1. The lowest BCUT2D eigenvalue weighted by Crippen LogP contribution is -2.56. The van der Waals surface area contributed by atoms with E-state index >= 15 is 0 Å². The van der Waals surface area contributed by atoms with Crippen LogP contribution in [0.4, 0.5) is 5.82 Å². The first-order valence-corrected chi connectivity index (χ1v) is 11.4. The highest BCUT2D eigenvalue weighted by atomic mass is 32.1. The molecule has 2 aliphatic rings. The normalized spacial score (nSPS) is 22.3. The summed E-state index contributed by atoms with van der Waals surface area (Å²) in [6.45, 7) is 2.02. The van der Waals surface area contributed by atoms with Crippen LogP contribution in [0.15, 0.2) is 42.0 Å². The highest BCUT2D eigenvalue weighted by Crippen LogP contribution is 2.34. The molecule has 4 heterocycles. The highest BCUT2D eigenvalue weighted by Gasteiger charge is 2.41. The zero-order valence-corrected chi connectivity index (χ0v) is 17.9. The van der Waals surface area contributed by atoms with Crippen LogP contribution in [0.5, 0.6) is 0 Å². The van der Waals surface area contributed by atoms with E-state index in [9.17, 15) is 4.79 Å². The van der Waals surface area contributed by atoms with Crippen LogP contribution in [0.25, 0.3) is 10.2 Å². The average Bonchev–Trinajstić information content (AvgIpc) is 3.35. The number of carbonyl (C=O) groups is 1. The molecule has 0 saturated carbocycles. The Morgan fingerprint density at radius 2 is 2.07 bits per heavy atom.